The Balaban J connectivity index is 1.98. The number of methoxy groups -OCH3 is 1. The van der Waals surface area contributed by atoms with Gasteiger partial charge >= 0.3 is 5.69 Å². The molecule has 0 bridgehead atoms. The van der Waals surface area contributed by atoms with E-state index in [1.165, 1.54) is 9.13 Å². The normalized spacial score (nSPS) is 11.7. The molecule has 0 radical (unpaired) electrons. The first-order valence-electron chi connectivity index (χ1n) is 8.84. The third kappa shape index (κ3) is 2.76. The molecule has 0 fully saturated rings. The second-order valence-electron chi connectivity index (χ2n) is 6.69. The lowest BCUT2D eigenvalue weighted by atomic mass is 10.2. The Hall–Kier alpha value is -2.84. The minimum absolute atomic E-state index is 0.0950. The van der Waals surface area contributed by atoms with Crippen molar-refractivity contribution >= 4 is 28.5 Å². The van der Waals surface area contributed by atoms with Crippen molar-refractivity contribution in [2.45, 2.75) is 20.0 Å². The fourth-order valence-electron chi connectivity index (χ4n) is 3.45. The Kier molecular flexibility index (Phi) is 4.60. The van der Waals surface area contributed by atoms with Gasteiger partial charge in [-0.2, -0.15) is 4.98 Å². The molecule has 0 saturated heterocycles. The molecule has 0 aliphatic rings. The first-order valence-corrected chi connectivity index (χ1v) is 9.22. The number of hydrogen-bond acceptors (Lipinski definition) is 4. The number of nitrogens with zero attached hydrogens (tertiary/aromatic N) is 5. The number of aromatic nitrogens is 5. The molecule has 0 atom stereocenters. The molecule has 1 aromatic carbocycles. The maximum absolute atomic E-state index is 13.2. The van der Waals surface area contributed by atoms with Crippen LogP contribution in [-0.2, 0) is 24.9 Å². The molecular formula is C19H20ClN5O3. The largest absolute Gasteiger partial charge is 0.383 e. The Morgan fingerprint density at radius 3 is 2.64 bits per heavy atom. The smallest absolute Gasteiger partial charge is 0.332 e. The van der Waals surface area contributed by atoms with Crippen LogP contribution in [0.25, 0.3) is 16.9 Å². The van der Waals surface area contributed by atoms with Crippen molar-refractivity contribution in [2.75, 3.05) is 13.7 Å². The van der Waals surface area contributed by atoms with Crippen molar-refractivity contribution in [3.8, 4) is 0 Å². The second kappa shape index (κ2) is 6.96. The Morgan fingerprint density at radius 1 is 1.18 bits per heavy atom. The molecule has 0 aliphatic heterocycles. The van der Waals surface area contributed by atoms with E-state index in [0.29, 0.717) is 40.7 Å². The monoisotopic (exact) mass is 401 g/mol. The third-order valence-corrected chi connectivity index (χ3v) is 5.31. The number of hydrogen-bond donors (Lipinski definition) is 0. The van der Waals surface area contributed by atoms with Crippen LogP contribution in [-0.4, -0.2) is 36.8 Å². The molecule has 28 heavy (non-hydrogen) atoms. The summed E-state index contributed by atoms with van der Waals surface area (Å²) >= 11 is 6.23. The summed E-state index contributed by atoms with van der Waals surface area (Å²) in [6, 6.07) is 7.17. The standard InChI is InChI=1S/C19H20ClN5O3/c1-12-10-24-15-16(21-18(24)23(12)8-9-28-3)22(2)19(27)25(17(15)26)11-13-6-4-5-7-14(13)20/h4-7,10H,8-9,11H2,1-3H3. The van der Waals surface area contributed by atoms with Gasteiger partial charge in [0.15, 0.2) is 11.2 Å². The molecular weight excluding hydrogens is 382 g/mol. The highest BCUT2D eigenvalue weighted by atomic mass is 35.5. The SMILES string of the molecule is COCCn1c(C)cn2c3c(=O)n(Cc4ccccc4Cl)c(=O)n(C)c3nc12. The highest BCUT2D eigenvalue weighted by Gasteiger charge is 2.20. The molecule has 0 unspecified atom stereocenters. The molecule has 3 heterocycles. The van der Waals surface area contributed by atoms with Gasteiger partial charge in [-0.15, -0.1) is 0 Å². The van der Waals surface area contributed by atoms with Gasteiger partial charge in [-0.3, -0.25) is 18.3 Å². The first kappa shape index (κ1) is 18.5. The fraction of sp³-hybridized carbons (Fsp3) is 0.316. The fourth-order valence-corrected chi connectivity index (χ4v) is 3.65. The van der Waals surface area contributed by atoms with Crippen LogP contribution in [0.5, 0.6) is 0 Å². The highest BCUT2D eigenvalue weighted by molar-refractivity contribution is 6.31. The third-order valence-electron chi connectivity index (χ3n) is 4.95. The van der Waals surface area contributed by atoms with Gasteiger partial charge < -0.3 is 9.30 Å². The summed E-state index contributed by atoms with van der Waals surface area (Å²) < 4.78 is 11.5. The van der Waals surface area contributed by atoms with Gasteiger partial charge in [0.25, 0.3) is 5.56 Å². The van der Waals surface area contributed by atoms with Crippen LogP contribution in [0.1, 0.15) is 11.3 Å². The quantitative estimate of drug-likeness (QED) is 0.511. The average molecular weight is 402 g/mol. The van der Waals surface area contributed by atoms with E-state index in [4.69, 9.17) is 16.3 Å². The predicted octanol–water partition coefficient (Wildman–Crippen LogP) is 1.81. The number of imidazole rings is 2. The molecule has 0 aliphatic carbocycles. The van der Waals surface area contributed by atoms with Gasteiger partial charge in [0.1, 0.15) is 0 Å². The van der Waals surface area contributed by atoms with Crippen LogP contribution < -0.4 is 11.2 Å². The summed E-state index contributed by atoms with van der Waals surface area (Å²) in [6.07, 6.45) is 1.85. The maximum atomic E-state index is 13.2. The minimum Gasteiger partial charge on any atom is -0.383 e. The zero-order chi connectivity index (χ0) is 20.0. The van der Waals surface area contributed by atoms with Gasteiger partial charge in [0, 0.05) is 37.6 Å². The molecule has 146 valence electrons. The van der Waals surface area contributed by atoms with Crippen molar-refractivity contribution < 1.29 is 4.74 Å². The van der Waals surface area contributed by atoms with E-state index >= 15 is 0 Å². The number of halogens is 1. The zero-order valence-corrected chi connectivity index (χ0v) is 16.6. The van der Waals surface area contributed by atoms with Gasteiger partial charge in [-0.25, -0.2) is 4.79 Å². The second-order valence-corrected chi connectivity index (χ2v) is 7.10. The summed E-state index contributed by atoms with van der Waals surface area (Å²) in [6.45, 7) is 3.16. The highest BCUT2D eigenvalue weighted by Crippen LogP contribution is 2.18. The molecule has 8 nitrogen and oxygen atoms in total. The van der Waals surface area contributed by atoms with E-state index in [1.54, 1.807) is 30.7 Å². The molecule has 0 N–H and O–H groups in total. The van der Waals surface area contributed by atoms with Crippen molar-refractivity contribution in [1.82, 2.24) is 23.1 Å². The number of benzene rings is 1. The molecule has 0 spiro atoms. The van der Waals surface area contributed by atoms with Crippen LogP contribution in [0.3, 0.4) is 0 Å². The van der Waals surface area contributed by atoms with Crippen molar-refractivity contribution in [3.05, 3.63) is 67.6 Å². The van der Waals surface area contributed by atoms with E-state index < -0.39 is 11.2 Å². The molecule has 3 aromatic heterocycles. The number of rotatable bonds is 5. The van der Waals surface area contributed by atoms with E-state index in [9.17, 15) is 9.59 Å². The zero-order valence-electron chi connectivity index (χ0n) is 15.8. The van der Waals surface area contributed by atoms with E-state index in [0.717, 1.165) is 5.69 Å². The lowest BCUT2D eigenvalue weighted by Crippen LogP contribution is -2.39. The number of fused-ring (bicyclic) bond motifs is 3. The van der Waals surface area contributed by atoms with Crippen LogP contribution in [0.2, 0.25) is 5.02 Å². The average Bonchev–Trinajstić information content (AvgIpc) is 3.18. The van der Waals surface area contributed by atoms with Crippen molar-refractivity contribution in [2.24, 2.45) is 7.05 Å². The van der Waals surface area contributed by atoms with Gasteiger partial charge in [-0.05, 0) is 18.6 Å². The summed E-state index contributed by atoms with van der Waals surface area (Å²) in [4.78, 5) is 30.7. The van der Waals surface area contributed by atoms with Crippen LogP contribution in [0.15, 0.2) is 40.1 Å². The topological polar surface area (TPSA) is 75.5 Å². The first-order chi connectivity index (χ1) is 13.4. The van der Waals surface area contributed by atoms with E-state index in [1.807, 2.05) is 29.8 Å². The van der Waals surface area contributed by atoms with Crippen molar-refractivity contribution in [3.63, 3.8) is 0 Å². The maximum Gasteiger partial charge on any atom is 0.332 e. The lowest BCUT2D eigenvalue weighted by Gasteiger charge is -2.09. The van der Waals surface area contributed by atoms with Gasteiger partial charge in [0.05, 0.1) is 13.2 Å². The predicted molar refractivity (Wildman–Crippen MR) is 107 cm³/mol. The summed E-state index contributed by atoms with van der Waals surface area (Å²) in [7, 11) is 3.25. The number of aryl methyl sites for hydroxylation is 2. The van der Waals surface area contributed by atoms with Crippen LogP contribution in [0, 0.1) is 6.92 Å². The molecule has 4 rings (SSSR count). The molecule has 0 saturated carbocycles. The van der Waals surface area contributed by atoms with Gasteiger partial charge in [0.2, 0.25) is 5.78 Å². The summed E-state index contributed by atoms with van der Waals surface area (Å²) in [5, 5.41) is 0.511. The minimum atomic E-state index is -0.432. The summed E-state index contributed by atoms with van der Waals surface area (Å²) in [5.74, 6) is 0.604. The van der Waals surface area contributed by atoms with Crippen LogP contribution >= 0.6 is 11.6 Å². The van der Waals surface area contributed by atoms with Crippen molar-refractivity contribution in [1.29, 1.82) is 0 Å². The molecule has 4 aromatic rings. The number of ether oxygens (including phenoxy) is 1. The Bertz CT molecular complexity index is 1310. The molecule has 9 heteroatoms. The van der Waals surface area contributed by atoms with E-state index in [-0.39, 0.29) is 6.54 Å². The summed E-state index contributed by atoms with van der Waals surface area (Å²) in [5.41, 5.74) is 1.55. The van der Waals surface area contributed by atoms with Gasteiger partial charge in [-0.1, -0.05) is 29.8 Å². The Morgan fingerprint density at radius 2 is 1.93 bits per heavy atom. The van der Waals surface area contributed by atoms with E-state index in [2.05, 4.69) is 4.98 Å². The molecule has 0 amide bonds. The Labute approximate surface area is 165 Å². The lowest BCUT2D eigenvalue weighted by molar-refractivity contribution is 0.187. The van der Waals surface area contributed by atoms with Crippen LogP contribution in [0.4, 0.5) is 0 Å².